The van der Waals surface area contributed by atoms with E-state index in [1.54, 1.807) is 11.3 Å². The van der Waals surface area contributed by atoms with Crippen LogP contribution in [0.25, 0.3) is 0 Å². The van der Waals surface area contributed by atoms with Gasteiger partial charge in [-0.3, -0.25) is 9.69 Å². The Morgan fingerprint density at radius 3 is 2.55 bits per heavy atom. The molecule has 2 fully saturated rings. The van der Waals surface area contributed by atoms with E-state index < -0.39 is 12.1 Å². The Morgan fingerprint density at radius 2 is 2.00 bits per heavy atom. The van der Waals surface area contributed by atoms with Gasteiger partial charge >= 0.3 is 12.1 Å². The van der Waals surface area contributed by atoms with Crippen molar-refractivity contribution < 1.29 is 32.6 Å². The highest BCUT2D eigenvalue weighted by Crippen LogP contribution is 2.25. The van der Waals surface area contributed by atoms with Crippen LogP contribution in [0, 0.1) is 5.92 Å². The fourth-order valence-electron chi connectivity index (χ4n) is 3.45. The van der Waals surface area contributed by atoms with Crippen molar-refractivity contribution in [2.75, 3.05) is 32.8 Å². The molecule has 0 unspecified atom stereocenters. The summed E-state index contributed by atoms with van der Waals surface area (Å²) in [6.07, 6.45) is -3.29. The van der Waals surface area contributed by atoms with Crippen LogP contribution in [-0.2, 0) is 20.7 Å². The summed E-state index contributed by atoms with van der Waals surface area (Å²) in [6, 6.07) is 2.61. The molecule has 2 atom stereocenters. The Bertz CT molecular complexity index is 667. The number of piperidine rings is 1. The number of fused-ring (bicyclic) bond motifs is 1. The SMILES string of the molecule is CC(C)N1CCO[C@@H]2CN(C(=O)Cc3ccsc3)CC[C@@H]2C1.O=C(O)C(F)(F)F. The minimum absolute atomic E-state index is 0.212. The molecule has 29 heavy (non-hydrogen) atoms. The van der Waals surface area contributed by atoms with Crippen LogP contribution in [0.3, 0.4) is 0 Å². The van der Waals surface area contributed by atoms with Crippen LogP contribution >= 0.6 is 11.3 Å². The van der Waals surface area contributed by atoms with E-state index in [1.165, 1.54) is 0 Å². The smallest absolute Gasteiger partial charge is 0.475 e. The number of thiophene rings is 1. The largest absolute Gasteiger partial charge is 0.490 e. The van der Waals surface area contributed by atoms with Gasteiger partial charge in [0.25, 0.3) is 0 Å². The summed E-state index contributed by atoms with van der Waals surface area (Å²) >= 11 is 1.65. The predicted molar refractivity (Wildman–Crippen MR) is 103 cm³/mol. The zero-order valence-corrected chi connectivity index (χ0v) is 17.3. The molecule has 2 saturated heterocycles. The third kappa shape index (κ3) is 7.27. The van der Waals surface area contributed by atoms with E-state index in [0.717, 1.165) is 44.8 Å². The zero-order chi connectivity index (χ0) is 21.6. The number of aliphatic carboxylic acids is 1. The number of hydrogen-bond acceptors (Lipinski definition) is 5. The second-order valence-electron chi connectivity index (χ2n) is 7.50. The summed E-state index contributed by atoms with van der Waals surface area (Å²) in [5.74, 6) is -1.95. The topological polar surface area (TPSA) is 70.1 Å². The van der Waals surface area contributed by atoms with Crippen molar-refractivity contribution in [3.8, 4) is 0 Å². The number of carbonyl (C=O) groups is 2. The molecule has 0 radical (unpaired) electrons. The molecule has 1 amide bonds. The summed E-state index contributed by atoms with van der Waals surface area (Å²) in [7, 11) is 0. The van der Waals surface area contributed by atoms with E-state index in [0.29, 0.717) is 18.4 Å². The lowest BCUT2D eigenvalue weighted by molar-refractivity contribution is -0.192. The molecule has 0 aliphatic carbocycles. The van der Waals surface area contributed by atoms with Crippen LogP contribution in [0.15, 0.2) is 16.8 Å². The maximum atomic E-state index is 12.5. The van der Waals surface area contributed by atoms with Crippen molar-refractivity contribution >= 4 is 23.2 Å². The van der Waals surface area contributed by atoms with Gasteiger partial charge in [0, 0.05) is 38.1 Å². The molecule has 2 aliphatic rings. The first-order valence-electron chi connectivity index (χ1n) is 9.52. The van der Waals surface area contributed by atoms with Gasteiger partial charge in [0.2, 0.25) is 5.91 Å². The Hall–Kier alpha value is -1.65. The Morgan fingerprint density at radius 1 is 1.31 bits per heavy atom. The van der Waals surface area contributed by atoms with Crippen LogP contribution in [0.4, 0.5) is 13.2 Å². The summed E-state index contributed by atoms with van der Waals surface area (Å²) in [4.78, 5) is 25.9. The standard InChI is InChI=1S/C17H26N2O2S.C2HF3O2/c1-13(2)18-6-7-21-16-11-19(5-3-15(16)10-18)17(20)9-14-4-8-22-12-14;3-2(4,5)1(6)7/h4,8,12-13,15-16H,3,5-7,9-11H2,1-2H3;(H,6,7)/t15-,16-;/m1./s1. The van der Waals surface area contributed by atoms with Gasteiger partial charge in [-0.05, 0) is 42.7 Å². The van der Waals surface area contributed by atoms with Gasteiger partial charge < -0.3 is 14.7 Å². The summed E-state index contributed by atoms with van der Waals surface area (Å²) in [5, 5.41) is 11.2. The Labute approximate surface area is 172 Å². The number of amides is 1. The number of nitrogens with zero attached hydrogens (tertiary/aromatic N) is 2. The van der Waals surface area contributed by atoms with E-state index in [1.807, 2.05) is 16.3 Å². The molecule has 3 rings (SSSR count). The summed E-state index contributed by atoms with van der Waals surface area (Å²) < 4.78 is 37.8. The third-order valence-electron chi connectivity index (χ3n) is 5.14. The molecular weight excluding hydrogens is 409 g/mol. The normalized spacial score (nSPS) is 23.0. The second-order valence-corrected chi connectivity index (χ2v) is 8.28. The lowest BCUT2D eigenvalue weighted by Crippen LogP contribution is -2.49. The number of alkyl halides is 3. The molecule has 3 heterocycles. The number of carboxylic acid groups (broad SMARTS) is 1. The Balaban J connectivity index is 0.000000370. The third-order valence-corrected chi connectivity index (χ3v) is 5.87. The maximum absolute atomic E-state index is 12.5. The van der Waals surface area contributed by atoms with E-state index >= 15 is 0 Å². The first-order chi connectivity index (χ1) is 13.6. The van der Waals surface area contributed by atoms with E-state index in [4.69, 9.17) is 14.6 Å². The van der Waals surface area contributed by atoms with Gasteiger partial charge in [0.15, 0.2) is 0 Å². The van der Waals surface area contributed by atoms with Crippen molar-refractivity contribution in [2.45, 2.75) is 45.0 Å². The summed E-state index contributed by atoms with van der Waals surface area (Å²) in [6.45, 7) is 9.03. The summed E-state index contributed by atoms with van der Waals surface area (Å²) in [5.41, 5.74) is 1.13. The molecule has 2 aliphatic heterocycles. The number of hydrogen-bond donors (Lipinski definition) is 1. The van der Waals surface area contributed by atoms with Gasteiger partial charge in [-0.15, -0.1) is 0 Å². The van der Waals surface area contributed by atoms with Crippen molar-refractivity contribution in [3.63, 3.8) is 0 Å². The average Bonchev–Trinajstić information content (AvgIpc) is 3.04. The molecule has 0 saturated carbocycles. The fraction of sp³-hybridized carbons (Fsp3) is 0.684. The van der Waals surface area contributed by atoms with Crippen LogP contribution < -0.4 is 0 Å². The number of halogens is 3. The number of carboxylic acids is 1. The molecule has 0 spiro atoms. The van der Waals surface area contributed by atoms with Crippen LogP contribution in [0.1, 0.15) is 25.8 Å². The zero-order valence-electron chi connectivity index (χ0n) is 16.5. The molecule has 1 aromatic rings. The van der Waals surface area contributed by atoms with Crippen LogP contribution in [-0.4, -0.2) is 77.9 Å². The highest BCUT2D eigenvalue weighted by molar-refractivity contribution is 7.08. The quantitative estimate of drug-likeness (QED) is 0.789. The average molecular weight is 436 g/mol. The second kappa shape index (κ2) is 10.4. The van der Waals surface area contributed by atoms with Crippen molar-refractivity contribution in [2.24, 2.45) is 5.92 Å². The van der Waals surface area contributed by atoms with E-state index in [-0.39, 0.29) is 12.0 Å². The van der Waals surface area contributed by atoms with Crippen molar-refractivity contribution in [3.05, 3.63) is 22.4 Å². The van der Waals surface area contributed by atoms with Gasteiger partial charge in [0.05, 0.1) is 19.1 Å². The fourth-order valence-corrected chi connectivity index (χ4v) is 4.12. The van der Waals surface area contributed by atoms with Gasteiger partial charge in [-0.2, -0.15) is 24.5 Å². The predicted octanol–water partition coefficient (Wildman–Crippen LogP) is 2.88. The monoisotopic (exact) mass is 436 g/mol. The van der Waals surface area contributed by atoms with Gasteiger partial charge in [-0.1, -0.05) is 0 Å². The number of likely N-dealkylation sites (tertiary alicyclic amines) is 1. The number of carbonyl (C=O) groups excluding carboxylic acids is 1. The maximum Gasteiger partial charge on any atom is 0.490 e. The highest BCUT2D eigenvalue weighted by Gasteiger charge is 2.38. The molecule has 164 valence electrons. The molecule has 1 N–H and O–H groups in total. The molecule has 10 heteroatoms. The molecule has 1 aromatic heterocycles. The molecular formula is C19H27F3N2O4S. The van der Waals surface area contributed by atoms with Gasteiger partial charge in [0.1, 0.15) is 0 Å². The number of rotatable bonds is 3. The molecule has 0 aromatic carbocycles. The van der Waals surface area contributed by atoms with E-state index in [2.05, 4.69) is 24.1 Å². The van der Waals surface area contributed by atoms with Crippen LogP contribution in [0.5, 0.6) is 0 Å². The van der Waals surface area contributed by atoms with Crippen molar-refractivity contribution in [1.29, 1.82) is 0 Å². The van der Waals surface area contributed by atoms with Crippen molar-refractivity contribution in [1.82, 2.24) is 9.80 Å². The first-order valence-corrected chi connectivity index (χ1v) is 10.5. The van der Waals surface area contributed by atoms with Crippen LogP contribution in [0.2, 0.25) is 0 Å². The first kappa shape index (κ1) is 23.6. The number of ether oxygens (including phenoxy) is 1. The molecule has 6 nitrogen and oxygen atoms in total. The van der Waals surface area contributed by atoms with Gasteiger partial charge in [-0.25, -0.2) is 4.79 Å². The van der Waals surface area contributed by atoms with E-state index in [9.17, 15) is 18.0 Å². The lowest BCUT2D eigenvalue weighted by atomic mass is 9.92. The lowest BCUT2D eigenvalue weighted by Gasteiger charge is -2.38. The Kier molecular flexibility index (Phi) is 8.47. The minimum Gasteiger partial charge on any atom is -0.475 e. The molecule has 0 bridgehead atoms. The minimum atomic E-state index is -5.08. The highest BCUT2D eigenvalue weighted by atomic mass is 32.1.